The van der Waals surface area contributed by atoms with Gasteiger partial charge in [-0.25, -0.2) is 5.92 Å². The van der Waals surface area contributed by atoms with Crippen molar-refractivity contribution in [2.24, 2.45) is 0 Å². The molecule has 7 heavy (non-hydrogen) atoms. The molecule has 0 aliphatic rings. The van der Waals surface area contributed by atoms with E-state index in [2.05, 4.69) is 30.2 Å². The zero-order valence-corrected chi connectivity index (χ0v) is 7.83. The predicted octanol–water partition coefficient (Wildman–Crippen LogP) is -1.84. The minimum Gasteiger partial charge on any atom is -0.256 e. The van der Waals surface area contributed by atoms with Gasteiger partial charge in [0, 0.05) is 0 Å². The number of rotatable bonds is 0. The van der Waals surface area contributed by atoms with Crippen molar-refractivity contribution in [3.05, 3.63) is 18.4 Å². The number of allylic oxidation sites excluding steroid dienone is 1. The largest absolute Gasteiger partial charge is 1.00 e. The second-order valence-corrected chi connectivity index (χ2v) is 0.677. The normalized spacial score (nSPS) is 3.57. The molecule has 0 amide bonds. The molecule has 0 aromatic rings. The van der Waals surface area contributed by atoms with Gasteiger partial charge >= 0.3 is 51.4 Å². The third kappa shape index (κ3) is 10.8. The second-order valence-electron chi connectivity index (χ2n) is 0.677. The third-order valence-electron chi connectivity index (χ3n) is 0.276. The van der Waals surface area contributed by atoms with Crippen LogP contribution in [0.2, 0.25) is 0 Å². The Labute approximate surface area is 87.1 Å². The molecule has 0 N–H and O–H groups in total. The molecular formula is C6H5K. The van der Waals surface area contributed by atoms with Crippen molar-refractivity contribution in [2.45, 2.75) is 6.92 Å². The summed E-state index contributed by atoms with van der Waals surface area (Å²) < 4.78 is 0. The fourth-order valence-electron chi connectivity index (χ4n) is 0.107. The first-order valence-corrected chi connectivity index (χ1v) is 1.60. The van der Waals surface area contributed by atoms with E-state index >= 15 is 0 Å². The molecule has 0 spiro atoms. The predicted molar refractivity (Wildman–Crippen MR) is 25.8 cm³/mol. The standard InChI is InChI=1S/C6H5.K/c1-3-5-6-4-2;/h1H2,2H3;/q-1;+1. The second kappa shape index (κ2) is 9.87. The Balaban J connectivity index is 0. The van der Waals surface area contributed by atoms with Crippen LogP contribution in [0.15, 0.2) is 12.3 Å². The van der Waals surface area contributed by atoms with Crippen molar-refractivity contribution < 1.29 is 51.4 Å². The fourth-order valence-corrected chi connectivity index (χ4v) is 0.107. The molecule has 0 radical (unpaired) electrons. The van der Waals surface area contributed by atoms with E-state index in [1.807, 2.05) is 0 Å². The summed E-state index contributed by atoms with van der Waals surface area (Å²) in [6.07, 6.45) is 2.48. The van der Waals surface area contributed by atoms with Crippen molar-refractivity contribution in [3.63, 3.8) is 0 Å². The van der Waals surface area contributed by atoms with Crippen LogP contribution in [-0.2, 0) is 0 Å². The average molecular weight is 116 g/mol. The molecule has 0 unspecified atom stereocenters. The van der Waals surface area contributed by atoms with E-state index in [1.54, 1.807) is 6.92 Å². The van der Waals surface area contributed by atoms with Crippen molar-refractivity contribution >= 4 is 0 Å². The van der Waals surface area contributed by atoms with Gasteiger partial charge in [-0.2, -0.15) is 6.58 Å². The van der Waals surface area contributed by atoms with Crippen LogP contribution < -0.4 is 51.4 Å². The molecule has 30 valence electrons. The van der Waals surface area contributed by atoms with Gasteiger partial charge in [0.05, 0.1) is 0 Å². The molecule has 0 aromatic carbocycles. The van der Waals surface area contributed by atoms with Gasteiger partial charge in [-0.1, -0.05) is 13.0 Å². The van der Waals surface area contributed by atoms with Crippen LogP contribution >= 0.6 is 0 Å². The maximum absolute atomic E-state index is 3.26. The summed E-state index contributed by atoms with van der Waals surface area (Å²) in [5, 5.41) is 0. The van der Waals surface area contributed by atoms with E-state index in [0.717, 1.165) is 0 Å². The van der Waals surface area contributed by atoms with Gasteiger partial charge in [-0.05, 0) is 0 Å². The minimum absolute atomic E-state index is 0. The Morgan fingerprint density at radius 2 is 2.14 bits per heavy atom. The van der Waals surface area contributed by atoms with E-state index in [0.29, 0.717) is 0 Å². The zero-order valence-electron chi connectivity index (χ0n) is 4.71. The van der Waals surface area contributed by atoms with Crippen LogP contribution in [-0.4, -0.2) is 0 Å². The Bertz CT molecular complexity index is 119. The Hall–Kier alpha value is 0.716. The van der Waals surface area contributed by atoms with Crippen LogP contribution in [0.25, 0.3) is 0 Å². The summed E-state index contributed by atoms with van der Waals surface area (Å²) in [4.78, 5) is 0. The van der Waals surface area contributed by atoms with Gasteiger partial charge in [0.2, 0.25) is 0 Å². The fraction of sp³-hybridized carbons (Fsp3) is 0.167. The van der Waals surface area contributed by atoms with E-state index in [-0.39, 0.29) is 51.4 Å². The van der Waals surface area contributed by atoms with Gasteiger partial charge in [-0.3, -0.25) is 11.7 Å². The van der Waals surface area contributed by atoms with Gasteiger partial charge in [0.15, 0.2) is 0 Å². The molecule has 0 aliphatic carbocycles. The first-order valence-electron chi connectivity index (χ1n) is 1.60. The molecule has 0 atom stereocenters. The van der Waals surface area contributed by atoms with Crippen molar-refractivity contribution in [1.29, 1.82) is 0 Å². The van der Waals surface area contributed by atoms with Crippen LogP contribution in [0, 0.1) is 17.9 Å². The van der Waals surface area contributed by atoms with Gasteiger partial charge in [0.1, 0.15) is 0 Å². The van der Waals surface area contributed by atoms with Crippen LogP contribution in [0.3, 0.4) is 0 Å². The van der Waals surface area contributed by atoms with Crippen LogP contribution in [0.1, 0.15) is 6.92 Å². The number of hydrogen-bond donors (Lipinski definition) is 0. The monoisotopic (exact) mass is 116 g/mol. The maximum atomic E-state index is 3.26. The van der Waals surface area contributed by atoms with Gasteiger partial charge in [-0.15, -0.1) is 0 Å². The van der Waals surface area contributed by atoms with Crippen molar-refractivity contribution in [2.75, 3.05) is 0 Å². The molecule has 0 heterocycles. The SMILES string of the molecule is C=C=[C-]C#CC.[K+]. The Morgan fingerprint density at radius 1 is 1.57 bits per heavy atom. The molecular weight excluding hydrogens is 111 g/mol. The summed E-state index contributed by atoms with van der Waals surface area (Å²) in [7, 11) is 0. The number of hydrogen-bond acceptors (Lipinski definition) is 0. The van der Waals surface area contributed by atoms with Crippen molar-refractivity contribution in [3.8, 4) is 11.8 Å². The Kier molecular flexibility index (Phi) is 15.0. The topological polar surface area (TPSA) is 0 Å². The summed E-state index contributed by atoms with van der Waals surface area (Å²) in [6.45, 7) is 5.00. The van der Waals surface area contributed by atoms with E-state index < -0.39 is 0 Å². The molecule has 0 aliphatic heterocycles. The molecule has 0 aromatic heterocycles. The first kappa shape index (κ1) is 10.7. The summed E-state index contributed by atoms with van der Waals surface area (Å²) >= 11 is 0. The van der Waals surface area contributed by atoms with E-state index in [1.165, 1.54) is 0 Å². The molecule has 0 saturated heterocycles. The van der Waals surface area contributed by atoms with E-state index in [4.69, 9.17) is 0 Å². The first-order chi connectivity index (χ1) is 2.91. The molecule has 0 saturated carbocycles. The molecule has 0 nitrogen and oxygen atoms in total. The maximum Gasteiger partial charge on any atom is 1.00 e. The zero-order chi connectivity index (χ0) is 4.83. The average Bonchev–Trinajstić information content (AvgIpc) is 1.61. The quantitative estimate of drug-likeness (QED) is 0.151. The van der Waals surface area contributed by atoms with Crippen LogP contribution in [0.5, 0.6) is 0 Å². The molecule has 1 heteroatoms. The van der Waals surface area contributed by atoms with Crippen LogP contribution in [0.4, 0.5) is 0 Å². The Morgan fingerprint density at radius 3 is 2.29 bits per heavy atom. The summed E-state index contributed by atoms with van der Waals surface area (Å²) in [5.41, 5.74) is 2.40. The van der Waals surface area contributed by atoms with Gasteiger partial charge < -0.3 is 0 Å². The van der Waals surface area contributed by atoms with Gasteiger partial charge in [0.25, 0.3) is 0 Å². The molecule has 0 bridgehead atoms. The third-order valence-corrected chi connectivity index (χ3v) is 0.276. The minimum atomic E-state index is 0. The summed E-state index contributed by atoms with van der Waals surface area (Å²) in [6, 6.07) is 0. The molecule has 0 rings (SSSR count). The smallest absolute Gasteiger partial charge is 0.256 e. The summed E-state index contributed by atoms with van der Waals surface area (Å²) in [5.74, 6) is 5.13. The van der Waals surface area contributed by atoms with E-state index in [9.17, 15) is 0 Å². The molecule has 0 fully saturated rings. The van der Waals surface area contributed by atoms with Crippen molar-refractivity contribution in [1.82, 2.24) is 0 Å².